The minimum atomic E-state index is -0.364. The Morgan fingerprint density at radius 2 is 2.39 bits per heavy atom. The molecule has 18 heavy (non-hydrogen) atoms. The first-order chi connectivity index (χ1) is 8.76. The third-order valence-electron chi connectivity index (χ3n) is 3.17. The fourth-order valence-corrected chi connectivity index (χ4v) is 2.13. The van der Waals surface area contributed by atoms with E-state index in [2.05, 4.69) is 5.32 Å². The number of hydrogen-bond donors (Lipinski definition) is 1. The number of carbonyl (C=O) groups is 1. The molecule has 1 heterocycles. The van der Waals surface area contributed by atoms with Crippen LogP contribution in [-0.2, 0) is 11.2 Å². The van der Waals surface area contributed by atoms with E-state index in [0.29, 0.717) is 18.7 Å². The van der Waals surface area contributed by atoms with Gasteiger partial charge in [0, 0.05) is 18.7 Å². The van der Waals surface area contributed by atoms with Crippen LogP contribution in [0.2, 0.25) is 0 Å². The topological polar surface area (TPSA) is 47.6 Å². The predicted octanol–water partition coefficient (Wildman–Crippen LogP) is 1.43. The third kappa shape index (κ3) is 2.71. The van der Waals surface area contributed by atoms with Crippen molar-refractivity contribution in [2.75, 3.05) is 26.8 Å². The van der Waals surface area contributed by atoms with E-state index in [-0.39, 0.29) is 11.9 Å². The molecule has 0 amide bonds. The quantitative estimate of drug-likeness (QED) is 0.820. The molecule has 2 rings (SSSR count). The molecule has 0 radical (unpaired) electrons. The molecule has 1 N–H and O–H groups in total. The second-order valence-corrected chi connectivity index (χ2v) is 4.31. The molecule has 1 saturated heterocycles. The van der Waals surface area contributed by atoms with E-state index < -0.39 is 0 Å². The molecule has 1 atom stereocenters. The van der Waals surface area contributed by atoms with Gasteiger partial charge in [-0.3, -0.25) is 4.79 Å². The van der Waals surface area contributed by atoms with Crippen molar-refractivity contribution in [3.05, 3.63) is 29.3 Å². The Balaban J connectivity index is 2.19. The molecule has 98 valence electrons. The van der Waals surface area contributed by atoms with Gasteiger partial charge < -0.3 is 14.8 Å². The van der Waals surface area contributed by atoms with Crippen LogP contribution in [0.4, 0.5) is 0 Å². The highest BCUT2D eigenvalue weighted by atomic mass is 16.5. The molecule has 1 fully saturated rings. The summed E-state index contributed by atoms with van der Waals surface area (Å²) in [5.41, 5.74) is 1.74. The third-order valence-corrected chi connectivity index (χ3v) is 3.17. The number of rotatable bonds is 4. The first-order valence-corrected chi connectivity index (χ1v) is 6.29. The number of nitrogens with one attached hydrogen (secondary N) is 1. The summed E-state index contributed by atoms with van der Waals surface area (Å²) in [6.45, 7) is 4.04. The van der Waals surface area contributed by atoms with Crippen LogP contribution in [0.1, 0.15) is 22.8 Å². The average molecular weight is 249 g/mol. The van der Waals surface area contributed by atoms with E-state index in [1.54, 1.807) is 13.2 Å². The molecule has 1 unspecified atom stereocenters. The predicted molar refractivity (Wildman–Crippen MR) is 69.3 cm³/mol. The van der Waals surface area contributed by atoms with Gasteiger partial charge in [-0.15, -0.1) is 0 Å². The van der Waals surface area contributed by atoms with E-state index >= 15 is 0 Å². The highest BCUT2D eigenvalue weighted by molar-refractivity contribution is 6.00. The zero-order valence-corrected chi connectivity index (χ0v) is 10.9. The number of hydrogen-bond acceptors (Lipinski definition) is 4. The Kier molecular flexibility index (Phi) is 4.33. The van der Waals surface area contributed by atoms with Crippen LogP contribution in [0, 0.1) is 0 Å². The number of aryl methyl sites for hydroxylation is 1. The molecule has 1 aromatic carbocycles. The Morgan fingerprint density at radius 1 is 1.56 bits per heavy atom. The molecule has 0 aromatic heterocycles. The van der Waals surface area contributed by atoms with Crippen molar-refractivity contribution >= 4 is 5.78 Å². The standard InChI is InChI=1S/C14H19NO3/c1-3-10-8-11(4-5-12(10)17-2)14(16)13-9-15-6-7-18-13/h4-5,8,13,15H,3,6-7,9H2,1-2H3. The summed E-state index contributed by atoms with van der Waals surface area (Å²) >= 11 is 0. The normalized spacial score (nSPS) is 19.6. The molecule has 4 heteroatoms. The lowest BCUT2D eigenvalue weighted by atomic mass is 10.0. The summed E-state index contributed by atoms with van der Waals surface area (Å²) in [6.07, 6.45) is 0.477. The van der Waals surface area contributed by atoms with Crippen LogP contribution in [0.25, 0.3) is 0 Å². The van der Waals surface area contributed by atoms with E-state index in [1.165, 1.54) is 0 Å². The number of methoxy groups -OCH3 is 1. The van der Waals surface area contributed by atoms with Crippen molar-refractivity contribution in [1.29, 1.82) is 0 Å². The van der Waals surface area contributed by atoms with Crippen molar-refractivity contribution in [2.24, 2.45) is 0 Å². The van der Waals surface area contributed by atoms with Crippen LogP contribution in [0.3, 0.4) is 0 Å². The van der Waals surface area contributed by atoms with Gasteiger partial charge in [-0.1, -0.05) is 6.92 Å². The van der Waals surface area contributed by atoms with Crippen molar-refractivity contribution in [1.82, 2.24) is 5.32 Å². The lowest BCUT2D eigenvalue weighted by Gasteiger charge is -2.22. The lowest BCUT2D eigenvalue weighted by molar-refractivity contribution is 0.0269. The van der Waals surface area contributed by atoms with Crippen LogP contribution in [-0.4, -0.2) is 38.7 Å². The number of ether oxygens (including phenoxy) is 2. The SMILES string of the molecule is CCc1cc(C(=O)C2CNCCO2)ccc1OC. The molecular formula is C14H19NO3. The zero-order chi connectivity index (χ0) is 13.0. The van der Waals surface area contributed by atoms with Gasteiger partial charge in [-0.2, -0.15) is 0 Å². The lowest BCUT2D eigenvalue weighted by Crippen LogP contribution is -2.43. The van der Waals surface area contributed by atoms with Crippen molar-refractivity contribution in [3.8, 4) is 5.75 Å². The first kappa shape index (κ1) is 13.1. The summed E-state index contributed by atoms with van der Waals surface area (Å²) in [4.78, 5) is 12.3. The van der Waals surface area contributed by atoms with Crippen molar-refractivity contribution < 1.29 is 14.3 Å². The van der Waals surface area contributed by atoms with Gasteiger partial charge in [-0.25, -0.2) is 0 Å². The Morgan fingerprint density at radius 3 is 3.00 bits per heavy atom. The number of benzene rings is 1. The van der Waals surface area contributed by atoms with E-state index in [9.17, 15) is 4.79 Å². The van der Waals surface area contributed by atoms with E-state index in [1.807, 2.05) is 19.1 Å². The molecule has 1 aromatic rings. The minimum Gasteiger partial charge on any atom is -0.496 e. The summed E-state index contributed by atoms with van der Waals surface area (Å²) in [5.74, 6) is 0.872. The molecule has 1 aliphatic rings. The maximum absolute atomic E-state index is 12.3. The van der Waals surface area contributed by atoms with Gasteiger partial charge in [0.05, 0.1) is 13.7 Å². The van der Waals surface area contributed by atoms with Gasteiger partial charge in [0.2, 0.25) is 0 Å². The minimum absolute atomic E-state index is 0.0413. The molecule has 0 bridgehead atoms. The maximum Gasteiger partial charge on any atom is 0.192 e. The number of morpholine rings is 1. The largest absolute Gasteiger partial charge is 0.496 e. The fraction of sp³-hybridized carbons (Fsp3) is 0.500. The molecular weight excluding hydrogens is 230 g/mol. The number of ketones is 1. The van der Waals surface area contributed by atoms with E-state index in [0.717, 1.165) is 24.3 Å². The van der Waals surface area contributed by atoms with Crippen molar-refractivity contribution in [3.63, 3.8) is 0 Å². The zero-order valence-electron chi connectivity index (χ0n) is 10.9. The van der Waals surface area contributed by atoms with Crippen molar-refractivity contribution in [2.45, 2.75) is 19.4 Å². The Bertz CT molecular complexity index is 425. The number of carbonyl (C=O) groups excluding carboxylic acids is 1. The Labute approximate surface area is 107 Å². The van der Waals surface area contributed by atoms with Crippen LogP contribution < -0.4 is 10.1 Å². The molecule has 1 aliphatic heterocycles. The maximum atomic E-state index is 12.3. The summed E-state index contributed by atoms with van der Waals surface area (Å²) < 4.78 is 10.7. The second-order valence-electron chi connectivity index (χ2n) is 4.31. The molecule has 0 spiro atoms. The molecule has 0 aliphatic carbocycles. The van der Waals surface area contributed by atoms with E-state index in [4.69, 9.17) is 9.47 Å². The van der Waals surface area contributed by atoms with Gasteiger partial charge >= 0.3 is 0 Å². The van der Waals surface area contributed by atoms with Gasteiger partial charge in [0.1, 0.15) is 11.9 Å². The number of Topliss-reactive ketones (excluding diaryl/α,β-unsaturated/α-hetero) is 1. The smallest absolute Gasteiger partial charge is 0.192 e. The monoisotopic (exact) mass is 249 g/mol. The van der Waals surface area contributed by atoms with Crippen LogP contribution in [0.15, 0.2) is 18.2 Å². The highest BCUT2D eigenvalue weighted by Crippen LogP contribution is 2.21. The van der Waals surface area contributed by atoms with Crippen LogP contribution in [0.5, 0.6) is 5.75 Å². The highest BCUT2D eigenvalue weighted by Gasteiger charge is 2.23. The molecule has 0 saturated carbocycles. The van der Waals surface area contributed by atoms with Crippen LogP contribution >= 0.6 is 0 Å². The molecule has 4 nitrogen and oxygen atoms in total. The summed E-state index contributed by atoms with van der Waals surface area (Å²) in [5, 5.41) is 3.17. The second kappa shape index (κ2) is 5.98. The Hall–Kier alpha value is -1.39. The fourth-order valence-electron chi connectivity index (χ4n) is 2.13. The average Bonchev–Trinajstić information content (AvgIpc) is 2.46. The van der Waals surface area contributed by atoms with Gasteiger partial charge in [0.25, 0.3) is 0 Å². The van der Waals surface area contributed by atoms with Gasteiger partial charge in [0.15, 0.2) is 5.78 Å². The van der Waals surface area contributed by atoms with Gasteiger partial charge in [-0.05, 0) is 30.2 Å². The first-order valence-electron chi connectivity index (χ1n) is 6.29. The summed E-state index contributed by atoms with van der Waals surface area (Å²) in [7, 11) is 1.64. The summed E-state index contributed by atoms with van der Waals surface area (Å²) in [6, 6.07) is 5.56.